The number of aromatic nitrogens is 1. The quantitative estimate of drug-likeness (QED) is 0.644. The van der Waals surface area contributed by atoms with Crippen molar-refractivity contribution in [3.63, 3.8) is 0 Å². The first-order valence-electron chi connectivity index (χ1n) is 7.79. The van der Waals surface area contributed by atoms with Gasteiger partial charge in [0, 0.05) is 44.7 Å². The van der Waals surface area contributed by atoms with Crippen LogP contribution in [0.15, 0.2) is 35.5 Å². The smallest absolute Gasteiger partial charge is 0.356 e. The second-order valence-electron chi connectivity index (χ2n) is 5.64. The summed E-state index contributed by atoms with van der Waals surface area (Å²) in [6.45, 7) is 3.18. The molecule has 1 aromatic carbocycles. The Morgan fingerprint density at radius 1 is 1.28 bits per heavy atom. The molecule has 0 atom stereocenters. The SMILES string of the molecule is CN=C(NCCc1ncc(C)s1)N(C)Cc1ccc(C(F)(F)F)cc1. The van der Waals surface area contributed by atoms with Crippen LogP contribution < -0.4 is 5.32 Å². The van der Waals surface area contributed by atoms with Crippen LogP contribution in [0.2, 0.25) is 0 Å². The van der Waals surface area contributed by atoms with Crippen LogP contribution in [0.25, 0.3) is 0 Å². The van der Waals surface area contributed by atoms with Crippen LogP contribution in [0.5, 0.6) is 0 Å². The maximum Gasteiger partial charge on any atom is 0.416 e. The van der Waals surface area contributed by atoms with E-state index in [1.54, 1.807) is 18.4 Å². The standard InChI is InChI=1S/C17H21F3N4S/c1-12-10-23-15(25-12)8-9-22-16(21-2)24(3)11-13-4-6-14(7-5-13)17(18,19)20/h4-7,10H,8-9,11H2,1-3H3,(H,21,22). The van der Waals surface area contributed by atoms with Gasteiger partial charge < -0.3 is 10.2 Å². The van der Waals surface area contributed by atoms with Gasteiger partial charge >= 0.3 is 6.18 Å². The minimum Gasteiger partial charge on any atom is -0.356 e. The zero-order chi connectivity index (χ0) is 18.4. The van der Waals surface area contributed by atoms with Gasteiger partial charge in [0.15, 0.2) is 5.96 Å². The molecule has 0 fully saturated rings. The van der Waals surface area contributed by atoms with Crippen LogP contribution >= 0.6 is 11.3 Å². The second kappa shape index (κ2) is 8.33. The van der Waals surface area contributed by atoms with Crippen LogP contribution in [0, 0.1) is 6.92 Å². The fraction of sp³-hybridized carbons (Fsp3) is 0.412. The van der Waals surface area contributed by atoms with Crippen molar-refractivity contribution in [2.75, 3.05) is 20.6 Å². The number of thiazole rings is 1. The molecule has 0 saturated carbocycles. The highest BCUT2D eigenvalue weighted by Crippen LogP contribution is 2.29. The lowest BCUT2D eigenvalue weighted by atomic mass is 10.1. The number of nitrogens with zero attached hydrogens (tertiary/aromatic N) is 3. The highest BCUT2D eigenvalue weighted by Gasteiger charge is 2.29. The zero-order valence-corrected chi connectivity index (χ0v) is 15.2. The summed E-state index contributed by atoms with van der Waals surface area (Å²) in [5.41, 5.74) is 0.147. The van der Waals surface area contributed by atoms with Gasteiger partial charge in [-0.3, -0.25) is 4.99 Å². The van der Waals surface area contributed by atoms with Gasteiger partial charge in [-0.05, 0) is 24.6 Å². The van der Waals surface area contributed by atoms with Gasteiger partial charge in [-0.2, -0.15) is 13.2 Å². The first kappa shape index (κ1) is 19.2. The molecule has 25 heavy (non-hydrogen) atoms. The number of nitrogens with one attached hydrogen (secondary N) is 1. The van der Waals surface area contributed by atoms with E-state index >= 15 is 0 Å². The van der Waals surface area contributed by atoms with Gasteiger partial charge in [-0.25, -0.2) is 4.98 Å². The van der Waals surface area contributed by atoms with Crippen molar-refractivity contribution < 1.29 is 13.2 Å². The molecular formula is C17H21F3N4S. The van der Waals surface area contributed by atoms with Crippen LogP contribution in [0.4, 0.5) is 13.2 Å². The molecule has 136 valence electrons. The molecule has 0 aliphatic carbocycles. The van der Waals surface area contributed by atoms with Crippen molar-refractivity contribution in [1.29, 1.82) is 0 Å². The lowest BCUT2D eigenvalue weighted by molar-refractivity contribution is -0.137. The van der Waals surface area contributed by atoms with Gasteiger partial charge in [0.05, 0.1) is 10.6 Å². The van der Waals surface area contributed by atoms with E-state index in [0.29, 0.717) is 19.0 Å². The first-order chi connectivity index (χ1) is 11.8. The Bertz CT molecular complexity index is 707. The summed E-state index contributed by atoms with van der Waals surface area (Å²) >= 11 is 1.66. The van der Waals surface area contributed by atoms with Crippen molar-refractivity contribution in [1.82, 2.24) is 15.2 Å². The summed E-state index contributed by atoms with van der Waals surface area (Å²) in [5.74, 6) is 0.688. The van der Waals surface area contributed by atoms with E-state index < -0.39 is 11.7 Å². The van der Waals surface area contributed by atoms with E-state index in [1.807, 2.05) is 25.1 Å². The van der Waals surface area contributed by atoms with Crippen LogP contribution in [0.1, 0.15) is 21.0 Å². The number of aliphatic imine (C=N–C) groups is 1. The normalized spacial score (nSPS) is 12.3. The van der Waals surface area contributed by atoms with Crippen LogP contribution in [-0.4, -0.2) is 36.5 Å². The predicted molar refractivity (Wildman–Crippen MR) is 94.8 cm³/mol. The molecule has 2 rings (SSSR count). The molecule has 0 amide bonds. The lowest BCUT2D eigenvalue weighted by Gasteiger charge is -2.22. The van der Waals surface area contributed by atoms with Crippen molar-refractivity contribution in [2.45, 2.75) is 26.1 Å². The van der Waals surface area contributed by atoms with E-state index in [0.717, 1.165) is 29.1 Å². The number of benzene rings is 1. The van der Waals surface area contributed by atoms with Gasteiger partial charge in [0.2, 0.25) is 0 Å². The molecule has 0 aliphatic heterocycles. The molecule has 4 nitrogen and oxygen atoms in total. The average molecular weight is 370 g/mol. The van der Waals surface area contributed by atoms with Crippen molar-refractivity contribution in [3.05, 3.63) is 51.5 Å². The van der Waals surface area contributed by atoms with E-state index in [1.165, 1.54) is 17.0 Å². The molecule has 1 heterocycles. The minimum absolute atomic E-state index is 0.466. The van der Waals surface area contributed by atoms with E-state index in [-0.39, 0.29) is 0 Å². The van der Waals surface area contributed by atoms with E-state index in [4.69, 9.17) is 0 Å². The minimum atomic E-state index is -4.31. The predicted octanol–water partition coefficient (Wildman–Crippen LogP) is 3.72. The van der Waals surface area contributed by atoms with Crippen molar-refractivity contribution >= 4 is 17.3 Å². The number of alkyl halides is 3. The maximum atomic E-state index is 12.6. The fourth-order valence-electron chi connectivity index (χ4n) is 2.33. The van der Waals surface area contributed by atoms with Crippen LogP contribution in [0.3, 0.4) is 0 Å². The van der Waals surface area contributed by atoms with Gasteiger partial charge in [0.1, 0.15) is 0 Å². The Balaban J connectivity index is 1.88. The van der Waals surface area contributed by atoms with Gasteiger partial charge in [-0.15, -0.1) is 11.3 Å². The summed E-state index contributed by atoms with van der Waals surface area (Å²) < 4.78 is 37.8. The fourth-order valence-corrected chi connectivity index (χ4v) is 3.12. The monoisotopic (exact) mass is 370 g/mol. The van der Waals surface area contributed by atoms with Crippen molar-refractivity contribution in [3.8, 4) is 0 Å². The van der Waals surface area contributed by atoms with E-state index in [2.05, 4.69) is 15.3 Å². The maximum absolute atomic E-state index is 12.6. The molecule has 0 spiro atoms. The molecule has 1 N–H and O–H groups in total. The summed E-state index contributed by atoms with van der Waals surface area (Å²) in [7, 11) is 3.53. The molecule has 0 saturated heterocycles. The summed E-state index contributed by atoms with van der Waals surface area (Å²) in [6.07, 6.45) is -1.66. The van der Waals surface area contributed by atoms with E-state index in [9.17, 15) is 13.2 Å². The lowest BCUT2D eigenvalue weighted by Crippen LogP contribution is -2.39. The molecular weight excluding hydrogens is 349 g/mol. The summed E-state index contributed by atoms with van der Waals surface area (Å²) in [4.78, 5) is 11.6. The number of hydrogen-bond acceptors (Lipinski definition) is 3. The third-order valence-corrected chi connectivity index (χ3v) is 4.54. The molecule has 1 aromatic heterocycles. The van der Waals surface area contributed by atoms with Gasteiger partial charge in [0.25, 0.3) is 0 Å². The largest absolute Gasteiger partial charge is 0.416 e. The average Bonchev–Trinajstić information content (AvgIpc) is 2.96. The molecule has 0 unspecified atom stereocenters. The Kier molecular flexibility index (Phi) is 6.41. The Morgan fingerprint density at radius 2 is 1.96 bits per heavy atom. The number of guanidine groups is 1. The molecule has 0 aliphatic rings. The molecule has 0 radical (unpaired) electrons. The number of aryl methyl sites for hydroxylation is 1. The molecule has 8 heteroatoms. The highest BCUT2D eigenvalue weighted by molar-refractivity contribution is 7.11. The third kappa shape index (κ3) is 5.74. The Labute approximate surface area is 149 Å². The van der Waals surface area contributed by atoms with Gasteiger partial charge in [-0.1, -0.05) is 12.1 Å². The first-order valence-corrected chi connectivity index (χ1v) is 8.60. The molecule has 2 aromatic rings. The number of rotatable bonds is 5. The second-order valence-corrected chi connectivity index (χ2v) is 6.96. The topological polar surface area (TPSA) is 40.5 Å². The highest BCUT2D eigenvalue weighted by atomic mass is 32.1. The summed E-state index contributed by atoms with van der Waals surface area (Å²) in [6, 6.07) is 5.18. The Hall–Kier alpha value is -2.09. The Morgan fingerprint density at radius 3 is 2.48 bits per heavy atom. The van der Waals surface area contributed by atoms with Crippen LogP contribution in [-0.2, 0) is 19.1 Å². The third-order valence-electron chi connectivity index (χ3n) is 3.57. The van der Waals surface area contributed by atoms with Crippen molar-refractivity contribution in [2.24, 2.45) is 4.99 Å². The number of halogens is 3. The summed E-state index contributed by atoms with van der Waals surface area (Å²) in [5, 5.41) is 4.31. The number of hydrogen-bond donors (Lipinski definition) is 1. The zero-order valence-electron chi connectivity index (χ0n) is 14.4. The molecule has 0 bridgehead atoms.